The largest absolute Gasteiger partial charge is 0.478 e. The van der Waals surface area contributed by atoms with Gasteiger partial charge in [-0.2, -0.15) is 5.21 Å². The number of carboxylic acids is 1. The number of aromatic amines is 1. The van der Waals surface area contributed by atoms with Gasteiger partial charge in [0.25, 0.3) is 0 Å². The minimum absolute atomic E-state index is 0.160. The van der Waals surface area contributed by atoms with Crippen molar-refractivity contribution in [2.75, 3.05) is 5.75 Å². The molecule has 2 N–H and O–H groups in total. The molecule has 0 amide bonds. The Bertz CT molecular complexity index is 598. The molecule has 0 aliphatic heterocycles. The number of nitrogens with one attached hydrogen (secondary N) is 1. The summed E-state index contributed by atoms with van der Waals surface area (Å²) in [6, 6.07) is 6.58. The summed E-state index contributed by atoms with van der Waals surface area (Å²) in [6.45, 7) is 0. The number of benzene rings is 1. The minimum Gasteiger partial charge on any atom is -0.478 e. The summed E-state index contributed by atoms with van der Waals surface area (Å²) in [7, 11) is 0. The van der Waals surface area contributed by atoms with E-state index >= 15 is 0 Å². The maximum absolute atomic E-state index is 11.7. The molecule has 8 heteroatoms. The van der Waals surface area contributed by atoms with Crippen molar-refractivity contribution in [2.45, 2.75) is 24.4 Å². The number of carbonyl (C=O) groups excluding carboxylic acids is 1. The third kappa shape index (κ3) is 4.99. The average Bonchev–Trinajstić information content (AvgIpc) is 2.99. The number of aromatic nitrogens is 4. The van der Waals surface area contributed by atoms with E-state index in [9.17, 15) is 9.59 Å². The predicted molar refractivity (Wildman–Crippen MR) is 76.2 cm³/mol. The van der Waals surface area contributed by atoms with Gasteiger partial charge in [-0.1, -0.05) is 23.9 Å². The van der Waals surface area contributed by atoms with Gasteiger partial charge in [-0.15, -0.1) is 10.2 Å². The van der Waals surface area contributed by atoms with Gasteiger partial charge in [-0.05, 0) is 29.3 Å². The Morgan fingerprint density at radius 1 is 1.19 bits per heavy atom. The molecule has 1 heterocycles. The molecule has 0 bridgehead atoms. The highest BCUT2D eigenvalue weighted by Gasteiger charge is 2.06. The lowest BCUT2D eigenvalue weighted by Gasteiger charge is -2.02. The maximum Gasteiger partial charge on any atom is 0.335 e. The van der Waals surface area contributed by atoms with Crippen LogP contribution >= 0.6 is 11.8 Å². The summed E-state index contributed by atoms with van der Waals surface area (Å²) in [6.07, 6.45) is 1.51. The highest BCUT2D eigenvalue weighted by molar-refractivity contribution is 7.99. The first-order valence-electron chi connectivity index (χ1n) is 6.35. The zero-order valence-electron chi connectivity index (χ0n) is 11.2. The first kappa shape index (κ1) is 15.2. The lowest BCUT2D eigenvalue weighted by atomic mass is 10.0. The van der Waals surface area contributed by atoms with E-state index in [0.717, 1.165) is 5.56 Å². The van der Waals surface area contributed by atoms with Crippen molar-refractivity contribution in [1.82, 2.24) is 20.6 Å². The Morgan fingerprint density at radius 2 is 1.95 bits per heavy atom. The van der Waals surface area contributed by atoms with Crippen molar-refractivity contribution < 1.29 is 14.7 Å². The second kappa shape index (κ2) is 7.53. The molecule has 2 aromatic rings. The van der Waals surface area contributed by atoms with E-state index in [-0.39, 0.29) is 11.3 Å². The molecule has 0 saturated carbocycles. The Balaban J connectivity index is 1.69. The maximum atomic E-state index is 11.7. The van der Waals surface area contributed by atoms with Crippen LogP contribution in [0, 0.1) is 0 Å². The standard InChI is InChI=1S/C13H14N4O3S/c18-11(7-8-21-13-14-16-17-15-13)6-3-9-1-4-10(5-2-9)12(19)20/h1-2,4-5H,3,6-8H2,(H,19,20)(H,14,15,16,17). The fourth-order valence-corrected chi connectivity index (χ4v) is 2.41. The van der Waals surface area contributed by atoms with Crippen LogP contribution in [-0.2, 0) is 11.2 Å². The molecule has 0 saturated heterocycles. The molecule has 0 radical (unpaired) electrons. The van der Waals surface area contributed by atoms with Crippen molar-refractivity contribution in [3.05, 3.63) is 35.4 Å². The van der Waals surface area contributed by atoms with Crippen LogP contribution in [0.25, 0.3) is 0 Å². The number of ketones is 1. The molecule has 0 aliphatic carbocycles. The zero-order chi connectivity index (χ0) is 15.1. The third-order valence-electron chi connectivity index (χ3n) is 2.83. The van der Waals surface area contributed by atoms with E-state index in [1.165, 1.54) is 11.8 Å². The third-order valence-corrected chi connectivity index (χ3v) is 3.67. The molecule has 0 aliphatic rings. The number of tetrazole rings is 1. The molecular formula is C13H14N4O3S. The Kier molecular flexibility index (Phi) is 5.44. The summed E-state index contributed by atoms with van der Waals surface area (Å²) in [5.41, 5.74) is 1.21. The van der Waals surface area contributed by atoms with Gasteiger partial charge in [0.2, 0.25) is 5.16 Å². The molecule has 0 fully saturated rings. The molecule has 1 aromatic carbocycles. The molecule has 0 spiro atoms. The van der Waals surface area contributed by atoms with Crippen LogP contribution < -0.4 is 0 Å². The van der Waals surface area contributed by atoms with Crippen LogP contribution in [0.5, 0.6) is 0 Å². The number of carbonyl (C=O) groups is 2. The first-order valence-corrected chi connectivity index (χ1v) is 7.34. The van der Waals surface area contributed by atoms with E-state index in [2.05, 4.69) is 20.6 Å². The van der Waals surface area contributed by atoms with Gasteiger partial charge in [0.1, 0.15) is 5.78 Å². The number of rotatable bonds is 8. The van der Waals surface area contributed by atoms with Gasteiger partial charge in [0, 0.05) is 18.6 Å². The van der Waals surface area contributed by atoms with Crippen LogP contribution in [-0.4, -0.2) is 43.2 Å². The Morgan fingerprint density at radius 3 is 2.57 bits per heavy atom. The second-order valence-corrected chi connectivity index (χ2v) is 5.40. The number of hydrogen-bond acceptors (Lipinski definition) is 6. The molecule has 7 nitrogen and oxygen atoms in total. The van der Waals surface area contributed by atoms with Gasteiger partial charge in [0.05, 0.1) is 5.56 Å². The van der Waals surface area contributed by atoms with Crippen LogP contribution in [0.2, 0.25) is 0 Å². The lowest BCUT2D eigenvalue weighted by molar-refractivity contribution is -0.118. The number of nitrogens with zero attached hydrogens (tertiary/aromatic N) is 3. The summed E-state index contributed by atoms with van der Waals surface area (Å²) < 4.78 is 0. The summed E-state index contributed by atoms with van der Waals surface area (Å²) >= 11 is 1.38. The lowest BCUT2D eigenvalue weighted by Crippen LogP contribution is -2.02. The molecule has 110 valence electrons. The SMILES string of the molecule is O=C(CCSc1nn[nH]n1)CCc1ccc(C(=O)O)cc1. The molecule has 2 rings (SSSR count). The number of H-pyrrole nitrogens is 1. The second-order valence-electron chi connectivity index (χ2n) is 4.33. The highest BCUT2D eigenvalue weighted by atomic mass is 32.2. The van der Waals surface area contributed by atoms with Gasteiger partial charge in [-0.3, -0.25) is 4.79 Å². The number of hydrogen-bond donors (Lipinski definition) is 2. The van der Waals surface area contributed by atoms with Gasteiger partial charge in [0.15, 0.2) is 0 Å². The summed E-state index contributed by atoms with van der Waals surface area (Å²) in [5.74, 6) is -0.166. The predicted octanol–water partition coefficient (Wildman–Crippen LogP) is 1.58. The van der Waals surface area contributed by atoms with Crippen LogP contribution in [0.15, 0.2) is 29.4 Å². The fourth-order valence-electron chi connectivity index (χ4n) is 1.69. The minimum atomic E-state index is -0.948. The van der Waals surface area contributed by atoms with E-state index in [1.54, 1.807) is 24.3 Å². The van der Waals surface area contributed by atoms with Gasteiger partial charge in [-0.25, -0.2) is 4.79 Å². The van der Waals surface area contributed by atoms with Crippen molar-refractivity contribution in [2.24, 2.45) is 0 Å². The molecule has 0 unspecified atom stereocenters. The van der Waals surface area contributed by atoms with Crippen molar-refractivity contribution >= 4 is 23.5 Å². The highest BCUT2D eigenvalue weighted by Crippen LogP contribution is 2.13. The first-order chi connectivity index (χ1) is 10.1. The van der Waals surface area contributed by atoms with Crippen LogP contribution in [0.4, 0.5) is 0 Å². The summed E-state index contributed by atoms with van der Waals surface area (Å²) in [5, 5.41) is 22.7. The molecule has 21 heavy (non-hydrogen) atoms. The number of carboxylic acid groups (broad SMARTS) is 1. The number of aromatic carboxylic acids is 1. The average molecular weight is 306 g/mol. The number of Topliss-reactive ketones (excluding diaryl/α,β-unsaturated/α-hetero) is 1. The van der Waals surface area contributed by atoms with Gasteiger partial charge >= 0.3 is 5.97 Å². The van der Waals surface area contributed by atoms with Crippen LogP contribution in [0.1, 0.15) is 28.8 Å². The van der Waals surface area contributed by atoms with Crippen molar-refractivity contribution in [3.8, 4) is 0 Å². The van der Waals surface area contributed by atoms with Crippen molar-refractivity contribution in [3.63, 3.8) is 0 Å². The van der Waals surface area contributed by atoms with Gasteiger partial charge < -0.3 is 5.11 Å². The normalized spacial score (nSPS) is 10.5. The molecular weight excluding hydrogens is 292 g/mol. The number of aryl methyl sites for hydroxylation is 1. The quantitative estimate of drug-likeness (QED) is 0.713. The fraction of sp³-hybridized carbons (Fsp3) is 0.308. The van der Waals surface area contributed by atoms with Crippen molar-refractivity contribution in [1.29, 1.82) is 0 Å². The number of thioether (sulfide) groups is 1. The van der Waals surface area contributed by atoms with Crippen LogP contribution in [0.3, 0.4) is 0 Å². The molecule has 0 atom stereocenters. The molecule has 1 aromatic heterocycles. The van der Waals surface area contributed by atoms with E-state index in [0.29, 0.717) is 30.2 Å². The smallest absolute Gasteiger partial charge is 0.335 e. The van der Waals surface area contributed by atoms with E-state index in [1.807, 2.05) is 0 Å². The summed E-state index contributed by atoms with van der Waals surface area (Å²) in [4.78, 5) is 22.5. The Labute approximate surface area is 125 Å². The topological polar surface area (TPSA) is 109 Å². The zero-order valence-corrected chi connectivity index (χ0v) is 12.0. The van der Waals surface area contributed by atoms with E-state index in [4.69, 9.17) is 5.11 Å². The monoisotopic (exact) mass is 306 g/mol. The Hall–Kier alpha value is -2.22. The van der Waals surface area contributed by atoms with E-state index < -0.39 is 5.97 Å².